The molecule has 0 aliphatic rings. The van der Waals surface area contributed by atoms with Crippen LogP contribution in [-0.2, 0) is 0 Å². The monoisotopic (exact) mass is 402 g/mol. The molecule has 0 aliphatic heterocycles. The van der Waals surface area contributed by atoms with Crippen molar-refractivity contribution in [1.82, 2.24) is 0 Å². The largest absolute Gasteiger partial charge is 0.490 e. The summed E-state index contributed by atoms with van der Waals surface area (Å²) in [5.74, 6) is 13.2. The molecule has 0 atom stereocenters. The van der Waals surface area contributed by atoms with Gasteiger partial charge < -0.3 is 4.74 Å². The molecule has 2 heteroatoms. The van der Waals surface area contributed by atoms with Gasteiger partial charge in [0.1, 0.15) is 18.2 Å². The Labute approximate surface area is 181 Å². The zero-order chi connectivity index (χ0) is 21.5. The topological polar surface area (TPSA) is 9.23 Å². The molecule has 31 heavy (non-hydrogen) atoms. The van der Waals surface area contributed by atoms with Gasteiger partial charge in [0.2, 0.25) is 0 Å². The van der Waals surface area contributed by atoms with E-state index in [1.165, 1.54) is 12.1 Å². The van der Waals surface area contributed by atoms with Crippen LogP contribution >= 0.6 is 0 Å². The molecule has 0 saturated carbocycles. The van der Waals surface area contributed by atoms with Crippen LogP contribution in [0, 0.1) is 29.5 Å². The molecule has 0 saturated heterocycles. The highest BCUT2D eigenvalue weighted by molar-refractivity contribution is 5.84. The van der Waals surface area contributed by atoms with Gasteiger partial charge >= 0.3 is 0 Å². The van der Waals surface area contributed by atoms with Crippen LogP contribution in [0.2, 0.25) is 0 Å². The van der Waals surface area contributed by atoms with Crippen LogP contribution < -0.4 is 4.74 Å². The van der Waals surface area contributed by atoms with E-state index >= 15 is 0 Å². The summed E-state index contributed by atoms with van der Waals surface area (Å²) in [6.07, 6.45) is 1.71. The predicted octanol–water partition coefficient (Wildman–Crippen LogP) is 6.34. The lowest BCUT2D eigenvalue weighted by Gasteiger charge is -2.01. The van der Waals surface area contributed by atoms with Crippen molar-refractivity contribution < 1.29 is 9.13 Å². The second kappa shape index (κ2) is 9.49. The average molecular weight is 402 g/mol. The molecule has 4 rings (SSSR count). The third-order valence-electron chi connectivity index (χ3n) is 4.61. The first-order valence-electron chi connectivity index (χ1n) is 9.87. The average Bonchev–Trinajstić information content (AvgIpc) is 2.81. The summed E-state index contributed by atoms with van der Waals surface area (Å²) in [6, 6.07) is 26.0. The van der Waals surface area contributed by atoms with Crippen LogP contribution in [0.4, 0.5) is 4.39 Å². The molecule has 0 heterocycles. The Morgan fingerprint density at radius 2 is 1.13 bits per heavy atom. The number of halogens is 1. The van der Waals surface area contributed by atoms with Crippen molar-refractivity contribution in [1.29, 1.82) is 0 Å². The van der Waals surface area contributed by atoms with E-state index < -0.39 is 0 Å². The number of hydrogen-bond donors (Lipinski definition) is 0. The summed E-state index contributed by atoms with van der Waals surface area (Å²) in [5.41, 5.74) is 3.65. The van der Waals surface area contributed by atoms with Gasteiger partial charge in [-0.1, -0.05) is 48.5 Å². The second-order valence-corrected chi connectivity index (χ2v) is 6.91. The fourth-order valence-corrected chi connectivity index (χ4v) is 3.01. The zero-order valence-electron chi connectivity index (χ0n) is 16.9. The van der Waals surface area contributed by atoms with Crippen LogP contribution in [0.15, 0.2) is 97.6 Å². The maximum atomic E-state index is 13.3. The van der Waals surface area contributed by atoms with Gasteiger partial charge in [-0.3, -0.25) is 0 Å². The highest BCUT2D eigenvalue weighted by Crippen LogP contribution is 2.17. The van der Waals surface area contributed by atoms with Crippen LogP contribution in [0.5, 0.6) is 5.75 Å². The Bertz CT molecular complexity index is 1340. The molecular formula is C29H19FO. The quantitative estimate of drug-likeness (QED) is 0.287. The van der Waals surface area contributed by atoms with Crippen LogP contribution in [0.1, 0.15) is 22.3 Å². The van der Waals surface area contributed by atoms with E-state index in [9.17, 15) is 4.39 Å². The number of rotatable bonds is 3. The van der Waals surface area contributed by atoms with Crippen molar-refractivity contribution in [2.75, 3.05) is 6.61 Å². The van der Waals surface area contributed by atoms with E-state index in [1.54, 1.807) is 12.1 Å². The normalized spacial score (nSPS) is 9.84. The molecule has 0 amide bonds. The van der Waals surface area contributed by atoms with E-state index in [0.29, 0.717) is 6.61 Å². The van der Waals surface area contributed by atoms with E-state index in [4.69, 9.17) is 4.74 Å². The van der Waals surface area contributed by atoms with E-state index in [-0.39, 0.29) is 5.82 Å². The van der Waals surface area contributed by atoms with Gasteiger partial charge in [0.05, 0.1) is 0 Å². The van der Waals surface area contributed by atoms with Gasteiger partial charge in [-0.05, 0) is 83.6 Å². The van der Waals surface area contributed by atoms with E-state index in [2.05, 4.69) is 30.3 Å². The molecule has 0 aromatic heterocycles. The Morgan fingerprint density at radius 3 is 1.74 bits per heavy atom. The maximum absolute atomic E-state index is 13.3. The van der Waals surface area contributed by atoms with Crippen LogP contribution in [-0.4, -0.2) is 6.61 Å². The molecule has 0 radical (unpaired) electrons. The number of hydrogen-bond acceptors (Lipinski definition) is 1. The van der Waals surface area contributed by atoms with Gasteiger partial charge in [0, 0.05) is 22.3 Å². The lowest BCUT2D eigenvalue weighted by Crippen LogP contribution is -1.92. The van der Waals surface area contributed by atoms with Gasteiger partial charge in [-0.25, -0.2) is 4.39 Å². The molecule has 0 spiro atoms. The molecule has 0 fully saturated rings. The lowest BCUT2D eigenvalue weighted by atomic mass is 10.1. The first kappa shape index (κ1) is 20.0. The summed E-state index contributed by atoms with van der Waals surface area (Å²) < 4.78 is 18.8. The van der Waals surface area contributed by atoms with Crippen molar-refractivity contribution >= 4 is 10.8 Å². The first-order chi connectivity index (χ1) is 15.2. The van der Waals surface area contributed by atoms with Gasteiger partial charge in [0.15, 0.2) is 0 Å². The van der Waals surface area contributed by atoms with Crippen molar-refractivity contribution in [2.45, 2.75) is 0 Å². The summed E-state index contributed by atoms with van der Waals surface area (Å²) >= 11 is 0. The summed E-state index contributed by atoms with van der Waals surface area (Å²) in [5, 5.41) is 1.84. The third-order valence-corrected chi connectivity index (χ3v) is 4.61. The SMILES string of the molecule is C=CCOc1ccc(C#Cc2ccc(C#Cc3ccc4cc(F)ccc4c3)cc2)cc1. The Kier molecular flexibility index (Phi) is 6.13. The highest BCUT2D eigenvalue weighted by Gasteiger charge is 1.97. The summed E-state index contributed by atoms with van der Waals surface area (Å²) in [4.78, 5) is 0. The van der Waals surface area contributed by atoms with Gasteiger partial charge in [-0.2, -0.15) is 0 Å². The van der Waals surface area contributed by atoms with Crippen LogP contribution in [0.25, 0.3) is 10.8 Å². The highest BCUT2D eigenvalue weighted by atomic mass is 19.1. The van der Waals surface area contributed by atoms with E-state index in [0.717, 1.165) is 38.8 Å². The molecule has 0 N–H and O–H groups in total. The molecule has 4 aromatic rings. The fourth-order valence-electron chi connectivity index (χ4n) is 3.01. The Morgan fingerprint density at radius 1 is 0.645 bits per heavy atom. The molecule has 0 unspecified atom stereocenters. The second-order valence-electron chi connectivity index (χ2n) is 6.91. The minimum absolute atomic E-state index is 0.232. The molecule has 0 bridgehead atoms. The molecule has 0 aliphatic carbocycles. The number of ether oxygens (including phenoxy) is 1. The molecule has 1 nitrogen and oxygen atoms in total. The van der Waals surface area contributed by atoms with Crippen molar-refractivity contribution in [2.24, 2.45) is 0 Å². The third kappa shape index (κ3) is 5.41. The molecular weight excluding hydrogens is 383 g/mol. The Hall–Kier alpha value is -4.27. The zero-order valence-corrected chi connectivity index (χ0v) is 16.9. The summed E-state index contributed by atoms with van der Waals surface area (Å²) in [7, 11) is 0. The minimum atomic E-state index is -0.232. The van der Waals surface area contributed by atoms with Gasteiger partial charge in [-0.15, -0.1) is 0 Å². The van der Waals surface area contributed by atoms with Crippen molar-refractivity contribution in [3.8, 4) is 29.4 Å². The van der Waals surface area contributed by atoms with Crippen molar-refractivity contribution in [3.63, 3.8) is 0 Å². The van der Waals surface area contributed by atoms with Gasteiger partial charge in [0.25, 0.3) is 0 Å². The van der Waals surface area contributed by atoms with E-state index in [1.807, 2.05) is 66.7 Å². The van der Waals surface area contributed by atoms with Crippen LogP contribution in [0.3, 0.4) is 0 Å². The maximum Gasteiger partial charge on any atom is 0.123 e. The minimum Gasteiger partial charge on any atom is -0.490 e. The Balaban J connectivity index is 1.44. The molecule has 4 aromatic carbocycles. The number of fused-ring (bicyclic) bond motifs is 1. The molecule has 148 valence electrons. The standard InChI is InChI=1S/C29H19FO/c1-2-19-31-29-17-12-24(13-18-29)8-7-22-3-5-23(6-4-22)9-10-25-11-14-27-21-28(30)16-15-26(27)20-25/h2-6,11-18,20-21H,1,19H2. The first-order valence-corrected chi connectivity index (χ1v) is 9.87. The number of benzene rings is 4. The fraction of sp³-hybridized carbons (Fsp3) is 0.0345. The summed E-state index contributed by atoms with van der Waals surface area (Å²) in [6.45, 7) is 4.12. The van der Waals surface area contributed by atoms with Crippen molar-refractivity contribution in [3.05, 3.63) is 126 Å². The lowest BCUT2D eigenvalue weighted by molar-refractivity contribution is 0.363. The smallest absolute Gasteiger partial charge is 0.123 e. The predicted molar refractivity (Wildman–Crippen MR) is 124 cm³/mol.